The molecule has 23 heavy (non-hydrogen) atoms. The summed E-state index contributed by atoms with van der Waals surface area (Å²) < 4.78 is 31.6. The fourth-order valence-electron chi connectivity index (χ4n) is 2.62. The average Bonchev–Trinajstić information content (AvgIpc) is 2.98. The molecular weight excluding hydrogens is 312 g/mol. The predicted molar refractivity (Wildman–Crippen MR) is 89.4 cm³/mol. The zero-order chi connectivity index (χ0) is 16.3. The first-order valence-corrected chi connectivity index (χ1v) is 9.04. The zero-order valence-electron chi connectivity index (χ0n) is 12.8. The molecule has 6 heteroatoms. The van der Waals surface area contributed by atoms with Gasteiger partial charge in [0.2, 0.25) is 10.0 Å². The van der Waals surface area contributed by atoms with Gasteiger partial charge in [0.05, 0.1) is 5.69 Å². The van der Waals surface area contributed by atoms with Crippen LogP contribution in [0.3, 0.4) is 0 Å². The number of sulfonamides is 1. The van der Waals surface area contributed by atoms with Crippen LogP contribution in [0.4, 0.5) is 0 Å². The summed E-state index contributed by atoms with van der Waals surface area (Å²) in [7, 11) is -3.44. The van der Waals surface area contributed by atoms with Gasteiger partial charge in [-0.3, -0.25) is 0 Å². The molecule has 1 atom stereocenters. The number of aromatic nitrogens is 1. The molecule has 1 unspecified atom stereocenters. The van der Waals surface area contributed by atoms with Crippen LogP contribution in [0.1, 0.15) is 18.2 Å². The van der Waals surface area contributed by atoms with Crippen molar-refractivity contribution in [1.29, 1.82) is 0 Å². The minimum atomic E-state index is -3.44. The molecule has 0 amide bonds. The summed E-state index contributed by atoms with van der Waals surface area (Å²) in [4.78, 5) is 0. The van der Waals surface area contributed by atoms with E-state index in [1.165, 1.54) is 11.6 Å². The van der Waals surface area contributed by atoms with E-state index in [-0.39, 0.29) is 11.8 Å². The van der Waals surface area contributed by atoms with Crippen molar-refractivity contribution in [3.8, 4) is 0 Å². The van der Waals surface area contributed by atoms with E-state index in [2.05, 4.69) is 38.7 Å². The first-order valence-electron chi connectivity index (χ1n) is 7.39. The normalized spacial score (nSPS) is 13.3. The topological polar surface area (TPSA) is 72.2 Å². The van der Waals surface area contributed by atoms with E-state index >= 15 is 0 Å². The zero-order valence-corrected chi connectivity index (χ0v) is 13.6. The van der Waals surface area contributed by atoms with E-state index in [0.29, 0.717) is 12.1 Å². The lowest BCUT2D eigenvalue weighted by Crippen LogP contribution is -2.35. The summed E-state index contributed by atoms with van der Waals surface area (Å²) in [5.41, 5.74) is 1.50. The van der Waals surface area contributed by atoms with Crippen LogP contribution in [-0.4, -0.2) is 19.6 Å². The first kappa shape index (κ1) is 15.7. The Morgan fingerprint density at radius 1 is 1.13 bits per heavy atom. The molecule has 0 aliphatic carbocycles. The van der Waals surface area contributed by atoms with Gasteiger partial charge in [-0.05, 0) is 29.7 Å². The fraction of sp³-hybridized carbons (Fsp3) is 0.235. The van der Waals surface area contributed by atoms with Gasteiger partial charge in [-0.15, -0.1) is 0 Å². The van der Waals surface area contributed by atoms with Crippen LogP contribution in [0.25, 0.3) is 10.8 Å². The highest BCUT2D eigenvalue weighted by molar-refractivity contribution is 7.88. The largest absolute Gasteiger partial charge is 0.364 e. The SMILES string of the molecule is CC(Cc1ccc2ccccc2c1)NS(=O)(=O)Cc1ccon1. The summed E-state index contributed by atoms with van der Waals surface area (Å²) in [5, 5.41) is 5.96. The Bertz CT molecular complexity index is 889. The van der Waals surface area contributed by atoms with Crippen molar-refractivity contribution in [2.24, 2.45) is 0 Å². The van der Waals surface area contributed by atoms with Crippen LogP contribution in [0.15, 0.2) is 59.3 Å². The van der Waals surface area contributed by atoms with E-state index in [1.807, 2.05) is 25.1 Å². The maximum Gasteiger partial charge on any atom is 0.217 e. The van der Waals surface area contributed by atoms with E-state index < -0.39 is 10.0 Å². The summed E-state index contributed by atoms with van der Waals surface area (Å²) >= 11 is 0. The van der Waals surface area contributed by atoms with E-state index in [9.17, 15) is 8.42 Å². The maximum atomic E-state index is 12.1. The molecule has 0 aliphatic heterocycles. The molecule has 1 N–H and O–H groups in total. The van der Waals surface area contributed by atoms with Gasteiger partial charge in [0.15, 0.2) is 0 Å². The highest BCUT2D eigenvalue weighted by Crippen LogP contribution is 2.17. The van der Waals surface area contributed by atoms with E-state index in [4.69, 9.17) is 0 Å². The second-order valence-corrected chi connectivity index (χ2v) is 7.41. The van der Waals surface area contributed by atoms with Crippen molar-refractivity contribution in [3.05, 3.63) is 66.1 Å². The highest BCUT2D eigenvalue weighted by atomic mass is 32.2. The number of rotatable bonds is 6. The van der Waals surface area contributed by atoms with Gasteiger partial charge in [0.1, 0.15) is 12.0 Å². The number of hydrogen-bond donors (Lipinski definition) is 1. The lowest BCUT2D eigenvalue weighted by Gasteiger charge is -2.14. The van der Waals surface area contributed by atoms with Crippen LogP contribution >= 0.6 is 0 Å². The molecule has 0 fully saturated rings. The van der Waals surface area contributed by atoms with Crippen molar-refractivity contribution in [1.82, 2.24) is 9.88 Å². The second kappa shape index (κ2) is 6.52. The van der Waals surface area contributed by atoms with E-state index in [1.54, 1.807) is 6.07 Å². The smallest absolute Gasteiger partial charge is 0.217 e. The molecule has 3 aromatic rings. The number of nitrogens with one attached hydrogen (secondary N) is 1. The minimum absolute atomic E-state index is 0.175. The Morgan fingerprint density at radius 3 is 2.65 bits per heavy atom. The number of hydrogen-bond acceptors (Lipinski definition) is 4. The number of nitrogens with zero attached hydrogens (tertiary/aromatic N) is 1. The third kappa shape index (κ3) is 4.18. The van der Waals surface area contributed by atoms with Crippen LogP contribution in [0, 0.1) is 0 Å². The summed E-state index contributed by atoms with van der Waals surface area (Å²) in [6.45, 7) is 1.86. The van der Waals surface area contributed by atoms with Crippen LogP contribution < -0.4 is 4.72 Å². The van der Waals surface area contributed by atoms with Crippen LogP contribution in [0.5, 0.6) is 0 Å². The first-order chi connectivity index (χ1) is 11.0. The Labute approximate surface area is 135 Å². The van der Waals surface area contributed by atoms with Crippen molar-refractivity contribution in [2.45, 2.75) is 25.1 Å². The average molecular weight is 330 g/mol. The lowest BCUT2D eigenvalue weighted by atomic mass is 10.0. The monoisotopic (exact) mass is 330 g/mol. The molecule has 0 saturated heterocycles. The molecule has 3 rings (SSSR count). The lowest BCUT2D eigenvalue weighted by molar-refractivity contribution is 0.413. The Balaban J connectivity index is 1.66. The molecule has 5 nitrogen and oxygen atoms in total. The number of fused-ring (bicyclic) bond motifs is 1. The predicted octanol–water partition coefficient (Wildman–Crippen LogP) is 2.88. The molecular formula is C17H18N2O3S. The van der Waals surface area contributed by atoms with Gasteiger partial charge in [0.25, 0.3) is 0 Å². The summed E-state index contributed by atoms with van der Waals surface area (Å²) in [5.74, 6) is -0.175. The minimum Gasteiger partial charge on any atom is -0.364 e. The van der Waals surface area contributed by atoms with Gasteiger partial charge < -0.3 is 4.52 Å². The molecule has 2 aromatic carbocycles. The number of benzene rings is 2. The molecule has 1 aromatic heterocycles. The fourth-order valence-corrected chi connectivity index (χ4v) is 3.93. The Morgan fingerprint density at radius 2 is 1.91 bits per heavy atom. The third-order valence-electron chi connectivity index (χ3n) is 3.57. The van der Waals surface area contributed by atoms with Crippen molar-refractivity contribution in [2.75, 3.05) is 0 Å². The molecule has 1 heterocycles. The maximum absolute atomic E-state index is 12.1. The molecule has 0 radical (unpaired) electrons. The highest BCUT2D eigenvalue weighted by Gasteiger charge is 2.17. The Hall–Kier alpha value is -2.18. The third-order valence-corrected chi connectivity index (χ3v) is 5.00. The van der Waals surface area contributed by atoms with Crippen LogP contribution in [0.2, 0.25) is 0 Å². The second-order valence-electron chi connectivity index (χ2n) is 5.65. The summed E-state index contributed by atoms with van der Waals surface area (Å²) in [6, 6.07) is 15.6. The molecule has 120 valence electrons. The molecule has 0 bridgehead atoms. The quantitative estimate of drug-likeness (QED) is 0.754. The van der Waals surface area contributed by atoms with E-state index in [0.717, 1.165) is 10.9 Å². The van der Waals surface area contributed by atoms with Crippen LogP contribution in [-0.2, 0) is 22.2 Å². The molecule has 0 spiro atoms. The van der Waals surface area contributed by atoms with Gasteiger partial charge in [0, 0.05) is 12.1 Å². The van der Waals surface area contributed by atoms with Gasteiger partial charge >= 0.3 is 0 Å². The van der Waals surface area contributed by atoms with Gasteiger partial charge in [-0.2, -0.15) is 0 Å². The molecule has 0 aliphatic rings. The summed E-state index contributed by atoms with van der Waals surface area (Å²) in [6.07, 6.45) is 1.99. The molecule has 0 saturated carbocycles. The Kier molecular flexibility index (Phi) is 4.45. The van der Waals surface area contributed by atoms with Crippen molar-refractivity contribution in [3.63, 3.8) is 0 Å². The standard InChI is InChI=1S/C17H18N2O3S/c1-13(19-23(20,21)12-17-8-9-22-18-17)10-14-6-7-15-4-2-3-5-16(15)11-14/h2-9,11,13,19H,10,12H2,1H3. The van der Waals surface area contributed by atoms with Gasteiger partial charge in [-0.25, -0.2) is 13.1 Å². The van der Waals surface area contributed by atoms with Gasteiger partial charge in [-0.1, -0.05) is 47.6 Å². The van der Waals surface area contributed by atoms with Crippen molar-refractivity contribution >= 4 is 20.8 Å². The van der Waals surface area contributed by atoms with Crippen molar-refractivity contribution < 1.29 is 12.9 Å².